The van der Waals surface area contributed by atoms with Crippen molar-refractivity contribution in [3.05, 3.63) is 41.0 Å². The number of benzene rings is 1. The zero-order valence-electron chi connectivity index (χ0n) is 9.94. The van der Waals surface area contributed by atoms with Gasteiger partial charge < -0.3 is 10.5 Å². The van der Waals surface area contributed by atoms with Crippen LogP contribution in [0.2, 0.25) is 0 Å². The van der Waals surface area contributed by atoms with E-state index in [4.69, 9.17) is 5.73 Å². The molecule has 2 heteroatoms. The molecule has 1 aromatic carbocycles. The smallest absolute Gasteiger partial charge is 0.123 e. The van der Waals surface area contributed by atoms with Crippen LogP contribution in [0.4, 0.5) is 0 Å². The molecule has 2 N–H and O–H groups in total. The van der Waals surface area contributed by atoms with Gasteiger partial charge in [-0.05, 0) is 24.5 Å². The van der Waals surface area contributed by atoms with E-state index in [0.717, 1.165) is 23.8 Å². The quantitative estimate of drug-likeness (QED) is 0.771. The summed E-state index contributed by atoms with van der Waals surface area (Å²) in [6, 6.07) is 8.17. The molecule has 0 bridgehead atoms. The SMILES string of the molecule is C/C(=C\c1ccc(CN)cc1)CC(C)C=O. The number of carbonyl (C=O) groups excluding carboxylic acids is 1. The summed E-state index contributed by atoms with van der Waals surface area (Å²) in [5.74, 6) is 0.0968. The minimum Gasteiger partial charge on any atom is -0.326 e. The Kier molecular flexibility index (Phi) is 4.93. The molecule has 16 heavy (non-hydrogen) atoms. The summed E-state index contributed by atoms with van der Waals surface area (Å²) < 4.78 is 0. The molecule has 1 unspecified atom stereocenters. The van der Waals surface area contributed by atoms with Gasteiger partial charge in [0.1, 0.15) is 6.29 Å². The molecular weight excluding hydrogens is 198 g/mol. The molecule has 0 fully saturated rings. The van der Waals surface area contributed by atoms with Gasteiger partial charge in [0.25, 0.3) is 0 Å². The molecule has 0 aliphatic heterocycles. The monoisotopic (exact) mass is 217 g/mol. The molecule has 0 saturated carbocycles. The van der Waals surface area contributed by atoms with Crippen LogP contribution >= 0.6 is 0 Å². The van der Waals surface area contributed by atoms with Crippen molar-refractivity contribution < 1.29 is 4.79 Å². The number of allylic oxidation sites excluding steroid dienone is 1. The van der Waals surface area contributed by atoms with Crippen LogP contribution < -0.4 is 5.73 Å². The maximum Gasteiger partial charge on any atom is 0.123 e. The number of rotatable bonds is 5. The van der Waals surface area contributed by atoms with Gasteiger partial charge in [-0.1, -0.05) is 42.8 Å². The fourth-order valence-electron chi connectivity index (χ4n) is 1.65. The summed E-state index contributed by atoms with van der Waals surface area (Å²) in [7, 11) is 0. The van der Waals surface area contributed by atoms with E-state index < -0.39 is 0 Å². The van der Waals surface area contributed by atoms with Crippen LogP contribution in [0.3, 0.4) is 0 Å². The Labute approximate surface area is 97.2 Å². The lowest BCUT2D eigenvalue weighted by molar-refractivity contribution is -0.110. The first-order valence-corrected chi connectivity index (χ1v) is 5.57. The highest BCUT2D eigenvalue weighted by atomic mass is 16.1. The van der Waals surface area contributed by atoms with E-state index in [1.165, 1.54) is 5.57 Å². The standard InChI is InChI=1S/C14H19NO/c1-11(7-12(2)10-16)8-13-3-5-14(9-15)6-4-13/h3-6,8,10,12H,7,9,15H2,1-2H3/b11-8+. The average molecular weight is 217 g/mol. The normalized spacial score (nSPS) is 13.6. The molecule has 0 radical (unpaired) electrons. The Balaban J connectivity index is 2.69. The second-order valence-corrected chi connectivity index (χ2v) is 4.25. The number of hydrogen-bond acceptors (Lipinski definition) is 2. The van der Waals surface area contributed by atoms with Gasteiger partial charge >= 0.3 is 0 Å². The zero-order valence-corrected chi connectivity index (χ0v) is 9.94. The second-order valence-electron chi connectivity index (χ2n) is 4.25. The predicted molar refractivity (Wildman–Crippen MR) is 67.8 cm³/mol. The summed E-state index contributed by atoms with van der Waals surface area (Å²) in [5.41, 5.74) is 9.05. The van der Waals surface area contributed by atoms with Crippen LogP contribution in [-0.2, 0) is 11.3 Å². The van der Waals surface area contributed by atoms with Gasteiger partial charge in [0.05, 0.1) is 0 Å². The van der Waals surface area contributed by atoms with Crippen LogP contribution in [0, 0.1) is 5.92 Å². The third-order valence-electron chi connectivity index (χ3n) is 2.50. The summed E-state index contributed by atoms with van der Waals surface area (Å²) in [6.07, 6.45) is 3.93. The Morgan fingerprint density at radius 2 is 2.00 bits per heavy atom. The van der Waals surface area contributed by atoms with Gasteiger partial charge in [0, 0.05) is 12.5 Å². The van der Waals surface area contributed by atoms with E-state index in [1.54, 1.807) is 0 Å². The van der Waals surface area contributed by atoms with Gasteiger partial charge in [-0.2, -0.15) is 0 Å². The Morgan fingerprint density at radius 1 is 1.38 bits per heavy atom. The molecule has 0 heterocycles. The molecule has 1 aromatic rings. The molecule has 2 nitrogen and oxygen atoms in total. The number of aldehydes is 1. The highest BCUT2D eigenvalue weighted by molar-refractivity contribution is 5.57. The Hall–Kier alpha value is -1.41. The van der Waals surface area contributed by atoms with Crippen molar-refractivity contribution in [2.75, 3.05) is 0 Å². The van der Waals surface area contributed by atoms with Crippen molar-refractivity contribution in [1.29, 1.82) is 0 Å². The summed E-state index contributed by atoms with van der Waals surface area (Å²) in [4.78, 5) is 10.5. The molecule has 1 atom stereocenters. The van der Waals surface area contributed by atoms with Crippen molar-refractivity contribution in [2.45, 2.75) is 26.8 Å². The maximum absolute atomic E-state index is 10.5. The average Bonchev–Trinajstić information content (AvgIpc) is 2.29. The summed E-state index contributed by atoms with van der Waals surface area (Å²) in [6.45, 7) is 4.56. The molecule has 0 spiro atoms. The van der Waals surface area contributed by atoms with Gasteiger partial charge in [0.15, 0.2) is 0 Å². The van der Waals surface area contributed by atoms with Crippen molar-refractivity contribution in [1.82, 2.24) is 0 Å². The van der Waals surface area contributed by atoms with E-state index in [2.05, 4.69) is 25.1 Å². The molecule has 0 saturated heterocycles. The molecule has 0 aliphatic rings. The highest BCUT2D eigenvalue weighted by Crippen LogP contribution is 2.14. The first-order chi connectivity index (χ1) is 7.65. The third-order valence-corrected chi connectivity index (χ3v) is 2.50. The first kappa shape index (κ1) is 12.7. The van der Waals surface area contributed by atoms with Gasteiger partial charge in [-0.15, -0.1) is 0 Å². The summed E-state index contributed by atoms with van der Waals surface area (Å²) >= 11 is 0. The van der Waals surface area contributed by atoms with Gasteiger partial charge in [-0.25, -0.2) is 0 Å². The predicted octanol–water partition coefficient (Wildman–Crippen LogP) is 2.77. The molecular formula is C14H19NO. The van der Waals surface area contributed by atoms with Crippen molar-refractivity contribution in [3.8, 4) is 0 Å². The lowest BCUT2D eigenvalue weighted by Gasteiger charge is -2.04. The maximum atomic E-state index is 10.5. The van der Waals surface area contributed by atoms with Crippen LogP contribution in [0.25, 0.3) is 6.08 Å². The molecule has 0 amide bonds. The number of carbonyl (C=O) groups is 1. The minimum absolute atomic E-state index is 0.0968. The van der Waals surface area contributed by atoms with Crippen molar-refractivity contribution >= 4 is 12.4 Å². The lowest BCUT2D eigenvalue weighted by Crippen LogP contribution is -1.96. The van der Waals surface area contributed by atoms with Gasteiger partial charge in [0.2, 0.25) is 0 Å². The molecule has 86 valence electrons. The van der Waals surface area contributed by atoms with E-state index in [1.807, 2.05) is 19.1 Å². The van der Waals surface area contributed by atoms with E-state index in [9.17, 15) is 4.79 Å². The van der Waals surface area contributed by atoms with Crippen molar-refractivity contribution in [3.63, 3.8) is 0 Å². The highest BCUT2D eigenvalue weighted by Gasteiger charge is 2.00. The summed E-state index contributed by atoms with van der Waals surface area (Å²) in [5, 5.41) is 0. The van der Waals surface area contributed by atoms with E-state index in [-0.39, 0.29) is 5.92 Å². The van der Waals surface area contributed by atoms with Crippen LogP contribution in [0.15, 0.2) is 29.8 Å². The molecule has 1 rings (SSSR count). The Bertz CT molecular complexity index is 365. The van der Waals surface area contributed by atoms with E-state index >= 15 is 0 Å². The van der Waals surface area contributed by atoms with Crippen LogP contribution in [-0.4, -0.2) is 6.29 Å². The second kappa shape index (κ2) is 6.23. The first-order valence-electron chi connectivity index (χ1n) is 5.57. The largest absolute Gasteiger partial charge is 0.326 e. The van der Waals surface area contributed by atoms with Crippen LogP contribution in [0.1, 0.15) is 31.4 Å². The van der Waals surface area contributed by atoms with E-state index in [0.29, 0.717) is 6.54 Å². The third kappa shape index (κ3) is 3.99. The number of hydrogen-bond donors (Lipinski definition) is 1. The molecule has 0 aliphatic carbocycles. The van der Waals surface area contributed by atoms with Crippen LogP contribution in [0.5, 0.6) is 0 Å². The fraction of sp³-hybridized carbons (Fsp3) is 0.357. The zero-order chi connectivity index (χ0) is 12.0. The van der Waals surface area contributed by atoms with Gasteiger partial charge in [-0.3, -0.25) is 0 Å². The Morgan fingerprint density at radius 3 is 2.50 bits per heavy atom. The topological polar surface area (TPSA) is 43.1 Å². The van der Waals surface area contributed by atoms with Crippen molar-refractivity contribution in [2.24, 2.45) is 11.7 Å². The molecule has 0 aromatic heterocycles. The number of nitrogens with two attached hydrogens (primary N) is 1. The lowest BCUT2D eigenvalue weighted by atomic mass is 10.0. The minimum atomic E-state index is 0.0968. The fourth-order valence-corrected chi connectivity index (χ4v) is 1.65.